The highest BCUT2D eigenvalue weighted by atomic mass is 31.2. The largest absolute Gasteiger partial charge is 0.472 e. The van der Waals surface area contributed by atoms with Crippen LogP contribution in [0.3, 0.4) is 0 Å². The predicted octanol–water partition coefficient (Wildman–Crippen LogP) is 18.6. The van der Waals surface area contributed by atoms with Gasteiger partial charge in [-0.15, -0.1) is 0 Å². The van der Waals surface area contributed by atoms with Crippen LogP contribution in [0.2, 0.25) is 0 Å². The molecule has 0 rings (SSSR count). The zero-order valence-electron chi connectivity index (χ0n) is 56.0. The number of carbonyl (C=O) groups is 4. The molecule has 3 unspecified atom stereocenters. The van der Waals surface area contributed by atoms with E-state index in [9.17, 15) is 43.2 Å². The first-order chi connectivity index (χ1) is 41.8. The number of unbranched alkanes of at least 4 members (excludes halogenated alkanes) is 28. The fourth-order valence-electron chi connectivity index (χ4n) is 9.61. The van der Waals surface area contributed by atoms with E-state index in [0.29, 0.717) is 37.5 Å². The lowest BCUT2D eigenvalue weighted by molar-refractivity contribution is -0.161. The normalized spacial score (nSPS) is 14.8. The number of hydrogen-bond donors (Lipinski definition) is 3. The topological polar surface area (TPSA) is 237 Å². The number of allylic oxidation sites excluding steroid dienone is 4. The first kappa shape index (κ1) is 84.5. The van der Waals surface area contributed by atoms with Gasteiger partial charge >= 0.3 is 39.5 Å². The lowest BCUT2D eigenvalue weighted by atomic mass is 9.99. The highest BCUT2D eigenvalue weighted by Crippen LogP contribution is 2.45. The summed E-state index contributed by atoms with van der Waals surface area (Å²) in [7, 11) is -9.91. The van der Waals surface area contributed by atoms with Crippen LogP contribution in [0.5, 0.6) is 0 Å². The van der Waals surface area contributed by atoms with E-state index < -0.39 is 97.5 Å². The van der Waals surface area contributed by atoms with E-state index in [2.05, 4.69) is 72.8 Å². The molecule has 19 heteroatoms. The van der Waals surface area contributed by atoms with Crippen LogP contribution in [0.4, 0.5) is 0 Å². The molecule has 87 heavy (non-hydrogen) atoms. The van der Waals surface area contributed by atoms with Gasteiger partial charge in [0.15, 0.2) is 12.2 Å². The summed E-state index contributed by atoms with van der Waals surface area (Å²) in [6.07, 6.45) is 44.2. The second-order valence-electron chi connectivity index (χ2n) is 25.1. The van der Waals surface area contributed by atoms with Gasteiger partial charge in [0.1, 0.15) is 19.3 Å². The van der Waals surface area contributed by atoms with Crippen molar-refractivity contribution in [1.29, 1.82) is 0 Å². The zero-order chi connectivity index (χ0) is 64.5. The maximum atomic E-state index is 13.0. The van der Waals surface area contributed by atoms with Crippen LogP contribution >= 0.6 is 15.6 Å². The van der Waals surface area contributed by atoms with Gasteiger partial charge in [-0.1, -0.05) is 259 Å². The fourth-order valence-corrected chi connectivity index (χ4v) is 11.2. The van der Waals surface area contributed by atoms with Crippen molar-refractivity contribution in [1.82, 2.24) is 0 Å². The molecule has 0 amide bonds. The van der Waals surface area contributed by atoms with E-state index in [1.165, 1.54) is 96.3 Å². The Bertz CT molecular complexity index is 1810. The van der Waals surface area contributed by atoms with Crippen molar-refractivity contribution >= 4 is 39.5 Å². The Kier molecular flexibility index (Phi) is 57.0. The molecule has 0 aromatic heterocycles. The second kappa shape index (κ2) is 58.6. The molecule has 0 bridgehead atoms. The van der Waals surface area contributed by atoms with Crippen LogP contribution in [-0.4, -0.2) is 96.7 Å². The summed E-state index contributed by atoms with van der Waals surface area (Å²) < 4.78 is 68.1. The Balaban J connectivity index is 5.24. The summed E-state index contributed by atoms with van der Waals surface area (Å²) in [6.45, 7) is 11.6. The molecule has 0 saturated carbocycles. The van der Waals surface area contributed by atoms with Crippen LogP contribution < -0.4 is 0 Å². The first-order valence-corrected chi connectivity index (χ1v) is 37.7. The fraction of sp³-hybridized carbons (Fsp3) is 0.882. The second-order valence-corrected chi connectivity index (χ2v) is 28.0. The molecule has 0 radical (unpaired) electrons. The lowest BCUT2D eigenvalue weighted by Crippen LogP contribution is -2.30. The van der Waals surface area contributed by atoms with E-state index in [1.54, 1.807) is 0 Å². The Labute approximate surface area is 529 Å². The number of phosphoric ester groups is 2. The van der Waals surface area contributed by atoms with Crippen molar-refractivity contribution in [3.63, 3.8) is 0 Å². The number of rotatable bonds is 64. The molecule has 0 aromatic rings. The molecule has 17 nitrogen and oxygen atoms in total. The molecule has 512 valence electrons. The van der Waals surface area contributed by atoms with Gasteiger partial charge in [-0.05, 0) is 69.1 Å². The molecule has 0 saturated heterocycles. The maximum absolute atomic E-state index is 13.0. The average Bonchev–Trinajstić information content (AvgIpc) is 3.53. The van der Waals surface area contributed by atoms with Gasteiger partial charge in [0, 0.05) is 25.7 Å². The molecule has 0 spiro atoms. The van der Waals surface area contributed by atoms with Crippen LogP contribution in [0.1, 0.15) is 312 Å². The summed E-state index contributed by atoms with van der Waals surface area (Å²) in [5, 5.41) is 10.6. The van der Waals surface area contributed by atoms with E-state index in [1.807, 2.05) is 0 Å². The van der Waals surface area contributed by atoms with E-state index in [0.717, 1.165) is 121 Å². The van der Waals surface area contributed by atoms with E-state index >= 15 is 0 Å². The number of carbonyl (C=O) groups excluding carboxylic acids is 4. The SMILES string of the molecule is CCCCCC/C=C\C=C/CCCCCCCC(=O)OC[C@H](COP(=O)(O)OC[C@@H](O)COP(=O)(O)OC[C@@H](COC(=O)CCCCCCCCC(C)C)OC(=O)CCCCCCCCCCCCC(C)CC)OC(=O)CCCCCCCCC(C)C. The average molecular weight is 1280 g/mol. The van der Waals surface area contributed by atoms with Gasteiger partial charge in [-0.2, -0.15) is 0 Å². The predicted molar refractivity (Wildman–Crippen MR) is 349 cm³/mol. The quantitative estimate of drug-likeness (QED) is 0.0169. The van der Waals surface area contributed by atoms with Crippen LogP contribution in [0.25, 0.3) is 0 Å². The Morgan fingerprint density at radius 2 is 0.678 bits per heavy atom. The molecular formula is C68H128O17P2. The third-order valence-electron chi connectivity index (χ3n) is 15.4. The summed E-state index contributed by atoms with van der Waals surface area (Å²) >= 11 is 0. The Hall–Kier alpha value is -2.46. The lowest BCUT2D eigenvalue weighted by Gasteiger charge is -2.21. The van der Waals surface area contributed by atoms with Crippen LogP contribution in [0, 0.1) is 17.8 Å². The van der Waals surface area contributed by atoms with Gasteiger partial charge in [-0.3, -0.25) is 37.3 Å². The summed E-state index contributed by atoms with van der Waals surface area (Å²) in [5.41, 5.74) is 0. The zero-order valence-corrected chi connectivity index (χ0v) is 57.7. The van der Waals surface area contributed by atoms with Gasteiger partial charge < -0.3 is 33.8 Å². The number of ether oxygens (including phenoxy) is 4. The van der Waals surface area contributed by atoms with E-state index in [-0.39, 0.29) is 25.7 Å². The number of phosphoric acid groups is 2. The molecule has 0 fully saturated rings. The highest BCUT2D eigenvalue weighted by Gasteiger charge is 2.30. The van der Waals surface area contributed by atoms with Crippen molar-refractivity contribution in [2.45, 2.75) is 330 Å². The third kappa shape index (κ3) is 60.9. The molecule has 0 aliphatic rings. The number of aliphatic hydroxyl groups excluding tert-OH is 1. The minimum atomic E-state index is -4.95. The Morgan fingerprint density at radius 1 is 0.379 bits per heavy atom. The summed E-state index contributed by atoms with van der Waals surface area (Å²) in [6, 6.07) is 0. The van der Waals surface area contributed by atoms with Crippen molar-refractivity contribution in [2.75, 3.05) is 39.6 Å². The van der Waals surface area contributed by atoms with Gasteiger partial charge in [0.2, 0.25) is 0 Å². The van der Waals surface area contributed by atoms with Gasteiger partial charge in [0.25, 0.3) is 0 Å². The third-order valence-corrected chi connectivity index (χ3v) is 17.3. The minimum absolute atomic E-state index is 0.0947. The first-order valence-electron chi connectivity index (χ1n) is 34.7. The molecule has 0 aliphatic carbocycles. The number of aliphatic hydroxyl groups is 1. The smallest absolute Gasteiger partial charge is 0.462 e. The molecule has 0 aromatic carbocycles. The molecule has 6 atom stereocenters. The molecule has 0 heterocycles. The molecular weight excluding hydrogens is 1150 g/mol. The summed E-state index contributed by atoms with van der Waals surface area (Å²) in [4.78, 5) is 72.3. The van der Waals surface area contributed by atoms with Crippen molar-refractivity contribution in [3.8, 4) is 0 Å². The van der Waals surface area contributed by atoms with Gasteiger partial charge in [0.05, 0.1) is 26.4 Å². The van der Waals surface area contributed by atoms with Crippen molar-refractivity contribution < 1.29 is 80.2 Å². The van der Waals surface area contributed by atoms with Crippen LogP contribution in [0.15, 0.2) is 24.3 Å². The number of hydrogen-bond acceptors (Lipinski definition) is 15. The van der Waals surface area contributed by atoms with Crippen LogP contribution in [-0.2, 0) is 65.4 Å². The Morgan fingerprint density at radius 3 is 1.02 bits per heavy atom. The van der Waals surface area contributed by atoms with Crippen molar-refractivity contribution in [3.05, 3.63) is 24.3 Å². The molecule has 0 aliphatic heterocycles. The van der Waals surface area contributed by atoms with Crippen molar-refractivity contribution in [2.24, 2.45) is 17.8 Å². The highest BCUT2D eigenvalue weighted by molar-refractivity contribution is 7.47. The van der Waals surface area contributed by atoms with Gasteiger partial charge in [-0.25, -0.2) is 9.13 Å². The molecule has 3 N–H and O–H groups in total. The standard InChI is InChI=1S/C68H128O17P2/c1-8-10-11-12-13-14-15-16-17-18-19-23-26-35-42-49-65(70)78-55-64(85-68(73)52-45-38-31-29-33-40-47-60(5)6)58-83-87(76,77)81-54-62(69)53-80-86(74,75)82-57-63(56-79-66(71)50-43-36-30-28-32-39-46-59(3)4)84-67(72)51-44-37-27-24-21-20-22-25-34-41-48-61(7)9-2/h14-17,59-64,69H,8-13,18-58H2,1-7H3,(H,74,75)(H,76,77)/b15-14-,17-16-/t61?,62-,63+,64+/m0/s1. The summed E-state index contributed by atoms with van der Waals surface area (Å²) in [5.74, 6) is -0.0218. The maximum Gasteiger partial charge on any atom is 0.472 e. The number of esters is 4. The minimum Gasteiger partial charge on any atom is -0.462 e. The van der Waals surface area contributed by atoms with E-state index in [4.69, 9.17) is 37.0 Å². The monoisotopic (exact) mass is 1280 g/mol.